The van der Waals surface area contributed by atoms with Crippen molar-refractivity contribution in [2.24, 2.45) is 0 Å². The largest absolute Gasteiger partial charge is 0.383 e. The molecule has 2 rings (SSSR count). The van der Waals surface area contributed by atoms with Crippen molar-refractivity contribution >= 4 is 17.7 Å². The minimum absolute atomic E-state index is 0.0148. The van der Waals surface area contributed by atoms with Crippen LogP contribution >= 0.6 is 0 Å². The highest BCUT2D eigenvalue weighted by molar-refractivity contribution is 5.92. The molecule has 24 heavy (non-hydrogen) atoms. The van der Waals surface area contributed by atoms with Gasteiger partial charge in [-0.3, -0.25) is 14.9 Å². The van der Waals surface area contributed by atoms with Crippen LogP contribution in [0.5, 0.6) is 0 Å². The van der Waals surface area contributed by atoms with E-state index in [2.05, 4.69) is 10.2 Å². The quantitative estimate of drug-likeness (QED) is 0.467. The van der Waals surface area contributed by atoms with Gasteiger partial charge in [-0.25, -0.2) is 0 Å². The van der Waals surface area contributed by atoms with Crippen molar-refractivity contribution in [1.82, 2.24) is 10.2 Å². The van der Waals surface area contributed by atoms with E-state index >= 15 is 0 Å². The Balaban J connectivity index is 1.79. The molecule has 7 heteroatoms. The number of rotatable bonds is 7. The van der Waals surface area contributed by atoms with E-state index < -0.39 is 4.92 Å². The van der Waals surface area contributed by atoms with Crippen LogP contribution in [0.25, 0.3) is 6.08 Å². The lowest BCUT2D eigenvalue weighted by molar-refractivity contribution is -0.384. The van der Waals surface area contributed by atoms with Gasteiger partial charge in [0, 0.05) is 51.0 Å². The van der Waals surface area contributed by atoms with E-state index in [1.165, 1.54) is 18.2 Å². The summed E-state index contributed by atoms with van der Waals surface area (Å²) < 4.78 is 5.07. The highest BCUT2D eigenvalue weighted by Gasteiger charge is 2.19. The Labute approximate surface area is 141 Å². The number of nitrogens with zero attached hydrogens (tertiary/aromatic N) is 2. The van der Waals surface area contributed by atoms with Crippen molar-refractivity contribution in [2.45, 2.75) is 18.9 Å². The predicted octanol–water partition coefficient (Wildman–Crippen LogP) is 1.83. The summed E-state index contributed by atoms with van der Waals surface area (Å²) in [6, 6.07) is 6.37. The number of nitro benzene ring substituents is 1. The number of hydrogen-bond donors (Lipinski definition) is 1. The molecule has 1 fully saturated rings. The zero-order chi connectivity index (χ0) is 17.4. The number of methoxy groups -OCH3 is 1. The molecule has 1 aromatic carbocycles. The molecule has 0 saturated carbocycles. The normalized spacial score (nSPS) is 16.4. The first kappa shape index (κ1) is 18.1. The van der Waals surface area contributed by atoms with Gasteiger partial charge in [-0.1, -0.05) is 12.1 Å². The summed E-state index contributed by atoms with van der Waals surface area (Å²) in [5, 5.41) is 13.7. The van der Waals surface area contributed by atoms with Crippen LogP contribution in [0.15, 0.2) is 30.3 Å². The number of amides is 1. The highest BCUT2D eigenvalue weighted by Crippen LogP contribution is 2.14. The molecule has 1 aliphatic rings. The summed E-state index contributed by atoms with van der Waals surface area (Å²) in [6.07, 6.45) is 4.85. The molecule has 0 radical (unpaired) electrons. The van der Waals surface area contributed by atoms with Crippen molar-refractivity contribution in [3.05, 3.63) is 46.0 Å². The Bertz CT molecular complexity index is 595. The second-order valence-corrected chi connectivity index (χ2v) is 5.80. The lowest BCUT2D eigenvalue weighted by Gasteiger charge is -2.31. The minimum atomic E-state index is -0.450. The third-order valence-corrected chi connectivity index (χ3v) is 4.05. The number of likely N-dealkylation sites (tertiary alicyclic amines) is 1. The van der Waals surface area contributed by atoms with E-state index in [1.807, 2.05) is 0 Å². The standard InChI is InChI=1S/C17H23N3O4/c1-24-12-11-19-9-7-15(8-10-19)18-17(21)6-5-14-3-2-4-16(13-14)20(22)23/h2-6,13,15H,7-12H2,1H3,(H,18,21)/b6-5+. The van der Waals surface area contributed by atoms with Gasteiger partial charge < -0.3 is 15.0 Å². The fourth-order valence-corrected chi connectivity index (χ4v) is 2.68. The number of piperidine rings is 1. The van der Waals surface area contributed by atoms with E-state index in [0.29, 0.717) is 5.56 Å². The van der Waals surface area contributed by atoms with Crippen molar-refractivity contribution < 1.29 is 14.5 Å². The van der Waals surface area contributed by atoms with Gasteiger partial charge in [0.05, 0.1) is 11.5 Å². The average molecular weight is 333 g/mol. The van der Waals surface area contributed by atoms with Gasteiger partial charge in [-0.05, 0) is 24.5 Å². The summed E-state index contributed by atoms with van der Waals surface area (Å²) in [4.78, 5) is 24.6. The van der Waals surface area contributed by atoms with Gasteiger partial charge >= 0.3 is 0 Å². The van der Waals surface area contributed by atoms with Gasteiger partial charge in [-0.2, -0.15) is 0 Å². The predicted molar refractivity (Wildman–Crippen MR) is 91.6 cm³/mol. The number of carbonyl (C=O) groups is 1. The number of nitro groups is 1. The molecule has 0 atom stereocenters. The van der Waals surface area contributed by atoms with Gasteiger partial charge in [0.15, 0.2) is 0 Å². The zero-order valence-corrected chi connectivity index (χ0v) is 13.8. The maximum absolute atomic E-state index is 12.0. The molecule has 130 valence electrons. The second-order valence-electron chi connectivity index (χ2n) is 5.80. The van der Waals surface area contributed by atoms with E-state index in [1.54, 1.807) is 25.3 Å². The zero-order valence-electron chi connectivity index (χ0n) is 13.8. The third-order valence-electron chi connectivity index (χ3n) is 4.05. The lowest BCUT2D eigenvalue weighted by Crippen LogP contribution is -2.45. The van der Waals surface area contributed by atoms with Crippen molar-refractivity contribution in [2.75, 3.05) is 33.4 Å². The van der Waals surface area contributed by atoms with Gasteiger partial charge in [0.25, 0.3) is 5.69 Å². The van der Waals surface area contributed by atoms with Crippen LogP contribution in [0.1, 0.15) is 18.4 Å². The van der Waals surface area contributed by atoms with E-state index in [9.17, 15) is 14.9 Å². The summed E-state index contributed by atoms with van der Waals surface area (Å²) in [5.41, 5.74) is 0.648. The summed E-state index contributed by atoms with van der Waals surface area (Å²) in [6.45, 7) is 3.54. The summed E-state index contributed by atoms with van der Waals surface area (Å²) >= 11 is 0. The molecule has 0 aromatic heterocycles. The highest BCUT2D eigenvalue weighted by atomic mass is 16.6. The van der Waals surface area contributed by atoms with Crippen LogP contribution in [-0.4, -0.2) is 55.1 Å². The molecule has 1 aromatic rings. The summed E-state index contributed by atoms with van der Waals surface area (Å²) in [5.74, 6) is -0.170. The number of hydrogen-bond acceptors (Lipinski definition) is 5. The van der Waals surface area contributed by atoms with Crippen LogP contribution in [0.4, 0.5) is 5.69 Å². The van der Waals surface area contributed by atoms with Crippen LogP contribution in [0.3, 0.4) is 0 Å². The number of non-ortho nitro benzene ring substituents is 1. The molecule has 1 saturated heterocycles. The Hall–Kier alpha value is -2.25. The average Bonchev–Trinajstić information content (AvgIpc) is 2.59. The Morgan fingerprint density at radius 3 is 2.88 bits per heavy atom. The maximum Gasteiger partial charge on any atom is 0.270 e. The van der Waals surface area contributed by atoms with Crippen molar-refractivity contribution in [1.29, 1.82) is 0 Å². The van der Waals surface area contributed by atoms with Crippen LogP contribution in [0.2, 0.25) is 0 Å². The fraction of sp³-hybridized carbons (Fsp3) is 0.471. The second kappa shape index (κ2) is 9.14. The smallest absolute Gasteiger partial charge is 0.270 e. The topological polar surface area (TPSA) is 84.7 Å². The lowest BCUT2D eigenvalue weighted by atomic mass is 10.1. The first-order chi connectivity index (χ1) is 11.6. The van der Waals surface area contributed by atoms with Gasteiger partial charge in [0.2, 0.25) is 5.91 Å². The fourth-order valence-electron chi connectivity index (χ4n) is 2.68. The molecule has 0 spiro atoms. The monoisotopic (exact) mass is 333 g/mol. The maximum atomic E-state index is 12.0. The SMILES string of the molecule is COCCN1CCC(NC(=O)/C=C/c2cccc([N+](=O)[O-])c2)CC1. The van der Waals surface area contributed by atoms with Crippen molar-refractivity contribution in [3.63, 3.8) is 0 Å². The molecular weight excluding hydrogens is 310 g/mol. The molecule has 1 amide bonds. The van der Waals surface area contributed by atoms with Crippen LogP contribution in [0, 0.1) is 10.1 Å². The Morgan fingerprint density at radius 1 is 1.46 bits per heavy atom. The molecule has 0 bridgehead atoms. The van der Waals surface area contributed by atoms with Crippen LogP contribution in [-0.2, 0) is 9.53 Å². The Morgan fingerprint density at radius 2 is 2.21 bits per heavy atom. The first-order valence-electron chi connectivity index (χ1n) is 8.03. The molecule has 0 unspecified atom stereocenters. The molecule has 1 N–H and O–H groups in total. The van der Waals surface area contributed by atoms with Gasteiger partial charge in [-0.15, -0.1) is 0 Å². The first-order valence-corrected chi connectivity index (χ1v) is 8.03. The number of carbonyl (C=O) groups excluding carboxylic acids is 1. The Kier molecular flexibility index (Phi) is 6.89. The minimum Gasteiger partial charge on any atom is -0.383 e. The van der Waals surface area contributed by atoms with Gasteiger partial charge in [0.1, 0.15) is 0 Å². The molecule has 7 nitrogen and oxygen atoms in total. The van der Waals surface area contributed by atoms with E-state index in [0.717, 1.165) is 39.1 Å². The third kappa shape index (κ3) is 5.75. The number of nitrogens with one attached hydrogen (secondary N) is 1. The van der Waals surface area contributed by atoms with E-state index in [4.69, 9.17) is 4.74 Å². The number of ether oxygens (including phenoxy) is 1. The van der Waals surface area contributed by atoms with Crippen molar-refractivity contribution in [3.8, 4) is 0 Å². The van der Waals surface area contributed by atoms with Crippen LogP contribution < -0.4 is 5.32 Å². The molecular formula is C17H23N3O4. The molecule has 0 aliphatic carbocycles. The molecule has 1 heterocycles. The summed E-state index contributed by atoms with van der Waals surface area (Å²) in [7, 11) is 1.70. The van der Waals surface area contributed by atoms with E-state index in [-0.39, 0.29) is 17.6 Å². The molecule has 1 aliphatic heterocycles. The number of benzene rings is 1.